The van der Waals surface area contributed by atoms with Gasteiger partial charge in [-0.2, -0.15) is 15.1 Å². The molecule has 0 aromatic carbocycles. The summed E-state index contributed by atoms with van der Waals surface area (Å²) >= 11 is 5.79. The van der Waals surface area contributed by atoms with E-state index in [4.69, 9.17) is 22.1 Å². The van der Waals surface area contributed by atoms with Crippen LogP contribution in [0.1, 0.15) is 31.4 Å². The molecule has 34 heavy (non-hydrogen) atoms. The number of halogens is 3. The van der Waals surface area contributed by atoms with Gasteiger partial charge in [0, 0.05) is 37.9 Å². The summed E-state index contributed by atoms with van der Waals surface area (Å²) in [6, 6.07) is 2.51. The van der Waals surface area contributed by atoms with Crippen LogP contribution in [0.4, 0.5) is 20.4 Å². The standard InChI is InChI=1S/C15H15ClFN7O.C7H12FN/c1-25-15-20-12-9(6-19-13(16)11(12)17)14(21-15)23-3-2-4-24-8(7-23)5-10(18)22-24;8-6-4-7-2-1-3-9(7)5-6/h5-6H,2-4,7H2,1H3,(H2,18,22);6-7H,1-5H2. The number of aryl methyl sites for hydroxylation is 1. The molecule has 2 atom stereocenters. The topological polar surface area (TPSA) is 98.2 Å². The van der Waals surface area contributed by atoms with E-state index in [9.17, 15) is 8.78 Å². The number of nitrogens with two attached hydrogens (primary N) is 1. The maximum absolute atomic E-state index is 14.4. The lowest BCUT2D eigenvalue weighted by atomic mass is 10.1. The molecule has 0 radical (unpaired) electrons. The van der Waals surface area contributed by atoms with Gasteiger partial charge in [0.1, 0.15) is 23.3 Å². The van der Waals surface area contributed by atoms with E-state index in [1.165, 1.54) is 26.1 Å². The second-order valence-corrected chi connectivity index (χ2v) is 9.20. The van der Waals surface area contributed by atoms with Gasteiger partial charge in [0.15, 0.2) is 11.0 Å². The van der Waals surface area contributed by atoms with Gasteiger partial charge in [-0.05, 0) is 32.2 Å². The third-order valence-electron chi connectivity index (χ3n) is 6.58. The first-order valence-corrected chi connectivity index (χ1v) is 11.8. The Kier molecular flexibility index (Phi) is 6.39. The van der Waals surface area contributed by atoms with E-state index in [0.717, 1.165) is 31.6 Å². The number of aromatic nitrogens is 5. The Balaban J connectivity index is 0.000000222. The van der Waals surface area contributed by atoms with Crippen LogP contribution in [0, 0.1) is 5.82 Å². The average Bonchev–Trinajstić information content (AvgIpc) is 3.46. The van der Waals surface area contributed by atoms with Gasteiger partial charge in [-0.3, -0.25) is 9.58 Å². The zero-order valence-electron chi connectivity index (χ0n) is 18.9. The second-order valence-electron chi connectivity index (χ2n) is 8.84. The number of pyridine rings is 1. The highest BCUT2D eigenvalue weighted by Crippen LogP contribution is 2.32. The van der Waals surface area contributed by atoms with Gasteiger partial charge in [-0.1, -0.05) is 11.6 Å². The van der Waals surface area contributed by atoms with E-state index in [2.05, 4.69) is 25.0 Å². The monoisotopic (exact) mass is 492 g/mol. The van der Waals surface area contributed by atoms with E-state index in [0.29, 0.717) is 42.7 Å². The molecule has 3 aliphatic rings. The van der Waals surface area contributed by atoms with Crippen LogP contribution in [0.5, 0.6) is 6.01 Å². The van der Waals surface area contributed by atoms with Gasteiger partial charge in [0.05, 0.1) is 24.7 Å². The maximum Gasteiger partial charge on any atom is 0.318 e. The normalized spacial score (nSPS) is 22.2. The van der Waals surface area contributed by atoms with Crippen LogP contribution in [0.2, 0.25) is 5.15 Å². The quantitative estimate of drug-likeness (QED) is 0.544. The van der Waals surface area contributed by atoms with Crippen molar-refractivity contribution < 1.29 is 13.5 Å². The molecule has 0 saturated carbocycles. The Labute approximate surface area is 200 Å². The number of anilines is 2. The van der Waals surface area contributed by atoms with Crippen LogP contribution >= 0.6 is 11.6 Å². The molecular formula is C22H27ClF2N8O. The minimum absolute atomic E-state index is 0.0703. The summed E-state index contributed by atoms with van der Waals surface area (Å²) in [5.74, 6) is 0.324. The molecule has 6 heterocycles. The van der Waals surface area contributed by atoms with Gasteiger partial charge >= 0.3 is 6.01 Å². The molecule has 2 fully saturated rings. The lowest BCUT2D eigenvalue weighted by Gasteiger charge is -2.22. The zero-order chi connectivity index (χ0) is 23.8. The van der Waals surface area contributed by atoms with Crippen molar-refractivity contribution in [1.29, 1.82) is 0 Å². The summed E-state index contributed by atoms with van der Waals surface area (Å²) in [4.78, 5) is 16.7. The number of ether oxygens (including phenoxy) is 1. The Hall–Kier alpha value is -2.79. The molecule has 0 aliphatic carbocycles. The molecule has 3 aromatic heterocycles. The molecule has 12 heteroatoms. The molecule has 6 rings (SSSR count). The van der Waals surface area contributed by atoms with Crippen LogP contribution in [-0.2, 0) is 13.1 Å². The van der Waals surface area contributed by atoms with Crippen molar-refractivity contribution in [2.75, 3.05) is 37.4 Å². The molecule has 182 valence electrons. The molecule has 0 spiro atoms. The van der Waals surface area contributed by atoms with Crippen LogP contribution in [-0.4, -0.2) is 68.6 Å². The van der Waals surface area contributed by atoms with Crippen LogP contribution in [0.15, 0.2) is 12.3 Å². The summed E-state index contributed by atoms with van der Waals surface area (Å²) in [6.45, 7) is 3.85. The summed E-state index contributed by atoms with van der Waals surface area (Å²) in [5.41, 5.74) is 6.84. The van der Waals surface area contributed by atoms with Crippen molar-refractivity contribution in [1.82, 2.24) is 29.6 Å². The van der Waals surface area contributed by atoms with E-state index in [1.54, 1.807) is 0 Å². The third kappa shape index (κ3) is 4.46. The highest BCUT2D eigenvalue weighted by molar-refractivity contribution is 6.30. The zero-order valence-corrected chi connectivity index (χ0v) is 19.7. The highest BCUT2D eigenvalue weighted by Gasteiger charge is 2.34. The van der Waals surface area contributed by atoms with Crippen molar-refractivity contribution in [3.05, 3.63) is 28.9 Å². The van der Waals surface area contributed by atoms with E-state index in [1.807, 2.05) is 15.6 Å². The number of hydrogen-bond acceptors (Lipinski definition) is 8. The molecule has 9 nitrogen and oxygen atoms in total. The van der Waals surface area contributed by atoms with E-state index >= 15 is 0 Å². The Morgan fingerprint density at radius 1 is 1.21 bits per heavy atom. The van der Waals surface area contributed by atoms with Gasteiger partial charge in [0.2, 0.25) is 0 Å². The van der Waals surface area contributed by atoms with Gasteiger partial charge in [0.25, 0.3) is 0 Å². The molecule has 0 amide bonds. The Morgan fingerprint density at radius 3 is 2.85 bits per heavy atom. The van der Waals surface area contributed by atoms with Crippen molar-refractivity contribution in [3.8, 4) is 6.01 Å². The van der Waals surface area contributed by atoms with Crippen LogP contribution in [0.25, 0.3) is 10.9 Å². The number of alkyl halides is 1. The predicted octanol–water partition coefficient (Wildman–Crippen LogP) is 3.21. The average molecular weight is 493 g/mol. The van der Waals surface area contributed by atoms with Crippen molar-refractivity contribution in [2.45, 2.75) is 51.0 Å². The number of fused-ring (bicyclic) bond motifs is 3. The first-order chi connectivity index (χ1) is 16.4. The van der Waals surface area contributed by atoms with E-state index < -0.39 is 12.0 Å². The summed E-state index contributed by atoms with van der Waals surface area (Å²) in [6.07, 6.45) is 5.13. The first-order valence-electron chi connectivity index (χ1n) is 11.4. The Bertz CT molecular complexity index is 1180. The SMILES string of the molecule is COc1nc(N2CCCn3nc(N)cc3C2)c2cnc(Cl)c(F)c2n1.FC1CC2CCCN2C1. The van der Waals surface area contributed by atoms with Gasteiger partial charge in [-0.25, -0.2) is 13.8 Å². The molecule has 2 saturated heterocycles. The fourth-order valence-corrected chi connectivity index (χ4v) is 5.16. The number of methoxy groups -OCH3 is 1. The number of nitrogen functional groups attached to an aromatic ring is 1. The highest BCUT2D eigenvalue weighted by atomic mass is 35.5. The fraction of sp³-hybridized carbons (Fsp3) is 0.545. The smallest absolute Gasteiger partial charge is 0.318 e. The second kappa shape index (κ2) is 9.46. The number of rotatable bonds is 2. The summed E-state index contributed by atoms with van der Waals surface area (Å²) < 4.78 is 34.0. The minimum Gasteiger partial charge on any atom is -0.467 e. The molecule has 3 aliphatic heterocycles. The third-order valence-corrected chi connectivity index (χ3v) is 6.84. The lowest BCUT2D eigenvalue weighted by Crippen LogP contribution is -2.24. The minimum atomic E-state index is -0.690. The molecule has 0 bridgehead atoms. The summed E-state index contributed by atoms with van der Waals surface area (Å²) in [5, 5.41) is 4.52. The molecule has 3 aromatic rings. The number of nitrogens with zero attached hydrogens (tertiary/aromatic N) is 7. The first kappa shape index (κ1) is 23.0. The molecular weight excluding hydrogens is 466 g/mol. The number of hydrogen-bond donors (Lipinski definition) is 1. The van der Waals surface area contributed by atoms with Crippen molar-refractivity contribution >= 4 is 34.1 Å². The summed E-state index contributed by atoms with van der Waals surface area (Å²) in [7, 11) is 1.43. The Morgan fingerprint density at radius 2 is 2.06 bits per heavy atom. The van der Waals surface area contributed by atoms with Crippen LogP contribution < -0.4 is 15.4 Å². The predicted molar refractivity (Wildman–Crippen MR) is 125 cm³/mol. The molecule has 2 unspecified atom stereocenters. The van der Waals surface area contributed by atoms with Gasteiger partial charge in [-0.15, -0.1) is 0 Å². The van der Waals surface area contributed by atoms with Crippen molar-refractivity contribution in [3.63, 3.8) is 0 Å². The fourth-order valence-electron chi connectivity index (χ4n) is 5.02. The van der Waals surface area contributed by atoms with Crippen LogP contribution in [0.3, 0.4) is 0 Å². The maximum atomic E-state index is 14.4. The van der Waals surface area contributed by atoms with E-state index in [-0.39, 0.29) is 16.7 Å². The van der Waals surface area contributed by atoms with Gasteiger partial charge < -0.3 is 15.4 Å². The largest absolute Gasteiger partial charge is 0.467 e. The lowest BCUT2D eigenvalue weighted by molar-refractivity contribution is 0.292. The van der Waals surface area contributed by atoms with Crippen molar-refractivity contribution in [2.24, 2.45) is 0 Å². The molecule has 2 N–H and O–H groups in total.